The summed E-state index contributed by atoms with van der Waals surface area (Å²) in [6.45, 7) is 2.41. The maximum Gasteiger partial charge on any atom is 0.290 e. The number of benzene rings is 1. The van der Waals surface area contributed by atoms with Crippen LogP contribution in [0.25, 0.3) is 0 Å². The first kappa shape index (κ1) is 17.2. The number of amides is 1. The molecule has 0 bridgehead atoms. The largest absolute Gasteiger partial charge is 0.503 e. The molecule has 2 aromatic rings. The standard InChI is InChI=1S/C19H19NO4S/c1-3-10-20-16(12-6-8-13(24-2)9-7-12)15(18(22)19(20)23)17(21)14-5-4-11-25-14/h4-9,11,16,22H,3,10H2,1-2H3/t16-/m1/s1. The minimum absolute atomic E-state index is 0.145. The lowest BCUT2D eigenvalue weighted by Gasteiger charge is -2.26. The molecule has 0 saturated heterocycles. The van der Waals surface area contributed by atoms with Gasteiger partial charge in [0.15, 0.2) is 5.76 Å². The van der Waals surface area contributed by atoms with Gasteiger partial charge in [-0.3, -0.25) is 9.59 Å². The van der Waals surface area contributed by atoms with E-state index < -0.39 is 17.7 Å². The molecule has 0 radical (unpaired) electrons. The average Bonchev–Trinajstić information content (AvgIpc) is 3.25. The number of methoxy groups -OCH3 is 1. The predicted molar refractivity (Wildman–Crippen MR) is 96.0 cm³/mol. The summed E-state index contributed by atoms with van der Waals surface area (Å²) >= 11 is 1.29. The fourth-order valence-corrected chi connectivity index (χ4v) is 3.71. The minimum Gasteiger partial charge on any atom is -0.503 e. The SMILES string of the molecule is CCCN1C(=O)C(O)=C(C(=O)c2cccs2)[C@H]1c1ccc(OC)cc1. The molecule has 1 atom stereocenters. The summed E-state index contributed by atoms with van der Waals surface area (Å²) < 4.78 is 5.17. The number of rotatable bonds is 6. The minimum atomic E-state index is -0.590. The molecule has 2 heterocycles. The van der Waals surface area contributed by atoms with E-state index in [1.165, 1.54) is 11.3 Å². The van der Waals surface area contributed by atoms with Crippen molar-refractivity contribution in [3.8, 4) is 5.75 Å². The van der Waals surface area contributed by atoms with Crippen LogP contribution in [0, 0.1) is 0 Å². The maximum absolute atomic E-state index is 12.9. The van der Waals surface area contributed by atoms with E-state index in [-0.39, 0.29) is 11.4 Å². The Bertz CT molecular complexity index is 808. The van der Waals surface area contributed by atoms with Crippen LogP contribution in [0.1, 0.15) is 34.6 Å². The van der Waals surface area contributed by atoms with Crippen LogP contribution >= 0.6 is 11.3 Å². The molecular formula is C19H19NO4S. The Morgan fingerprint density at radius 1 is 1.28 bits per heavy atom. The molecule has 1 aliphatic heterocycles. The van der Waals surface area contributed by atoms with E-state index in [1.54, 1.807) is 41.7 Å². The third-order valence-electron chi connectivity index (χ3n) is 4.19. The molecule has 5 nitrogen and oxygen atoms in total. The zero-order valence-electron chi connectivity index (χ0n) is 14.1. The van der Waals surface area contributed by atoms with E-state index in [9.17, 15) is 14.7 Å². The van der Waals surface area contributed by atoms with E-state index >= 15 is 0 Å². The van der Waals surface area contributed by atoms with Crippen molar-refractivity contribution < 1.29 is 19.4 Å². The van der Waals surface area contributed by atoms with Crippen molar-refractivity contribution >= 4 is 23.0 Å². The van der Waals surface area contributed by atoms with E-state index in [1.807, 2.05) is 19.1 Å². The van der Waals surface area contributed by atoms with Gasteiger partial charge in [0, 0.05) is 6.54 Å². The summed E-state index contributed by atoms with van der Waals surface area (Å²) in [7, 11) is 1.58. The highest BCUT2D eigenvalue weighted by Gasteiger charge is 2.43. The van der Waals surface area contributed by atoms with Gasteiger partial charge in [-0.05, 0) is 35.6 Å². The van der Waals surface area contributed by atoms with E-state index in [2.05, 4.69) is 0 Å². The second-order valence-electron chi connectivity index (χ2n) is 5.74. The molecule has 6 heteroatoms. The number of carbonyl (C=O) groups is 2. The van der Waals surface area contributed by atoms with Crippen molar-refractivity contribution in [1.29, 1.82) is 0 Å². The van der Waals surface area contributed by atoms with E-state index in [4.69, 9.17) is 4.74 Å². The van der Waals surface area contributed by atoms with E-state index in [0.29, 0.717) is 17.2 Å². The second-order valence-corrected chi connectivity index (χ2v) is 6.69. The summed E-state index contributed by atoms with van der Waals surface area (Å²) in [5.74, 6) is -0.565. The van der Waals surface area contributed by atoms with Crippen molar-refractivity contribution in [2.24, 2.45) is 0 Å². The van der Waals surface area contributed by atoms with Crippen LogP contribution in [0.5, 0.6) is 5.75 Å². The monoisotopic (exact) mass is 357 g/mol. The van der Waals surface area contributed by atoms with Crippen LogP contribution < -0.4 is 4.74 Å². The molecule has 1 aromatic carbocycles. The second kappa shape index (κ2) is 7.11. The number of carbonyl (C=O) groups excluding carboxylic acids is 2. The Balaban J connectivity index is 2.07. The van der Waals surface area contributed by atoms with Crippen LogP contribution in [-0.2, 0) is 4.79 Å². The topological polar surface area (TPSA) is 66.8 Å². The molecule has 3 rings (SSSR count). The zero-order valence-corrected chi connectivity index (χ0v) is 14.9. The molecule has 0 unspecified atom stereocenters. The first-order chi connectivity index (χ1) is 12.1. The quantitative estimate of drug-likeness (QED) is 0.800. The summed E-state index contributed by atoms with van der Waals surface area (Å²) in [5.41, 5.74) is 0.914. The Hall–Kier alpha value is -2.60. The number of hydrogen-bond donors (Lipinski definition) is 1. The number of ether oxygens (including phenoxy) is 1. The first-order valence-electron chi connectivity index (χ1n) is 8.04. The normalized spacial score (nSPS) is 17.3. The maximum atomic E-state index is 12.9. The lowest BCUT2D eigenvalue weighted by molar-refractivity contribution is -0.129. The van der Waals surface area contributed by atoms with E-state index in [0.717, 1.165) is 12.0 Å². The highest BCUT2D eigenvalue weighted by Crippen LogP contribution is 2.39. The number of aliphatic hydroxyl groups excluding tert-OH is 1. The van der Waals surface area contributed by atoms with Gasteiger partial charge in [-0.15, -0.1) is 11.3 Å². The third-order valence-corrected chi connectivity index (χ3v) is 5.06. The van der Waals surface area contributed by atoms with Crippen molar-refractivity contribution in [2.75, 3.05) is 13.7 Å². The number of aliphatic hydroxyl groups is 1. The van der Waals surface area contributed by atoms with Gasteiger partial charge in [-0.25, -0.2) is 0 Å². The molecular weight excluding hydrogens is 338 g/mol. The number of nitrogens with zero attached hydrogens (tertiary/aromatic N) is 1. The molecule has 1 N–H and O–H groups in total. The fraction of sp³-hybridized carbons (Fsp3) is 0.263. The lowest BCUT2D eigenvalue weighted by Crippen LogP contribution is -2.31. The summed E-state index contributed by atoms with van der Waals surface area (Å²) in [4.78, 5) is 27.5. The fourth-order valence-electron chi connectivity index (χ4n) is 3.03. The highest BCUT2D eigenvalue weighted by molar-refractivity contribution is 7.12. The Labute approximate surface area is 150 Å². The Kier molecular flexibility index (Phi) is 4.90. The van der Waals surface area contributed by atoms with Crippen molar-refractivity contribution in [3.05, 3.63) is 63.6 Å². The molecule has 0 saturated carbocycles. The van der Waals surface area contributed by atoms with Gasteiger partial charge in [0.1, 0.15) is 5.75 Å². The molecule has 0 aliphatic carbocycles. The van der Waals surface area contributed by atoms with Crippen LogP contribution in [0.2, 0.25) is 0 Å². The Morgan fingerprint density at radius 2 is 2.00 bits per heavy atom. The number of Topliss-reactive ketones (excluding diaryl/α,β-unsaturated/α-hetero) is 1. The summed E-state index contributed by atoms with van der Waals surface area (Å²) in [6.07, 6.45) is 0.728. The number of thiophene rings is 1. The smallest absolute Gasteiger partial charge is 0.290 e. The van der Waals surface area contributed by atoms with Gasteiger partial charge in [0.05, 0.1) is 23.6 Å². The van der Waals surface area contributed by atoms with Crippen LogP contribution in [0.3, 0.4) is 0 Å². The van der Waals surface area contributed by atoms with Gasteiger partial charge in [0.25, 0.3) is 5.91 Å². The zero-order chi connectivity index (χ0) is 18.0. The molecule has 1 aliphatic rings. The highest BCUT2D eigenvalue weighted by atomic mass is 32.1. The third kappa shape index (κ3) is 3.05. The van der Waals surface area contributed by atoms with Gasteiger partial charge in [0.2, 0.25) is 5.78 Å². The van der Waals surface area contributed by atoms with Gasteiger partial charge in [-0.1, -0.05) is 25.1 Å². The van der Waals surface area contributed by atoms with Crippen molar-refractivity contribution in [1.82, 2.24) is 4.90 Å². The molecule has 25 heavy (non-hydrogen) atoms. The van der Waals surface area contributed by atoms with Crippen LogP contribution in [0.4, 0.5) is 0 Å². The van der Waals surface area contributed by atoms with Crippen molar-refractivity contribution in [3.63, 3.8) is 0 Å². The Morgan fingerprint density at radius 3 is 2.56 bits per heavy atom. The average molecular weight is 357 g/mol. The molecule has 1 amide bonds. The molecule has 1 aromatic heterocycles. The molecule has 130 valence electrons. The van der Waals surface area contributed by atoms with Crippen LogP contribution in [-0.4, -0.2) is 35.4 Å². The summed E-state index contributed by atoms with van der Waals surface area (Å²) in [6, 6.07) is 10.1. The molecule has 0 spiro atoms. The van der Waals surface area contributed by atoms with Gasteiger partial charge < -0.3 is 14.7 Å². The molecule has 0 fully saturated rings. The van der Waals surface area contributed by atoms with Crippen LogP contribution in [0.15, 0.2) is 53.1 Å². The number of hydrogen-bond acceptors (Lipinski definition) is 5. The predicted octanol–water partition coefficient (Wildman–Crippen LogP) is 3.75. The van der Waals surface area contributed by atoms with Crippen molar-refractivity contribution in [2.45, 2.75) is 19.4 Å². The summed E-state index contributed by atoms with van der Waals surface area (Å²) in [5, 5.41) is 12.2. The first-order valence-corrected chi connectivity index (χ1v) is 8.92. The van der Waals surface area contributed by atoms with Gasteiger partial charge in [-0.2, -0.15) is 0 Å². The van der Waals surface area contributed by atoms with Gasteiger partial charge >= 0.3 is 0 Å². The lowest BCUT2D eigenvalue weighted by atomic mass is 9.95. The number of ketones is 1.